The Morgan fingerprint density at radius 3 is 2.29 bits per heavy atom. The van der Waals surface area contributed by atoms with E-state index in [4.69, 9.17) is 19.5 Å². The van der Waals surface area contributed by atoms with Crippen molar-refractivity contribution in [1.82, 2.24) is 9.97 Å². The molecule has 1 aliphatic heterocycles. The average Bonchev–Trinajstić information content (AvgIpc) is 3.38. The summed E-state index contributed by atoms with van der Waals surface area (Å²) in [6, 6.07) is 23.4. The Hall–Kier alpha value is -4.13. The molecular weight excluding hydrogens is 440 g/mol. The molecular formula is C28H28N4O3. The summed E-state index contributed by atoms with van der Waals surface area (Å²) in [6.45, 7) is 4.28. The van der Waals surface area contributed by atoms with Crippen molar-refractivity contribution in [3.63, 3.8) is 0 Å². The first-order chi connectivity index (χ1) is 16.9. The predicted molar refractivity (Wildman–Crippen MR) is 138 cm³/mol. The number of hydrogen-bond acceptors (Lipinski definition) is 5. The fourth-order valence-corrected chi connectivity index (χ4v) is 4.65. The molecule has 1 unspecified atom stereocenters. The van der Waals surface area contributed by atoms with Gasteiger partial charge in [0, 0.05) is 18.2 Å². The molecule has 3 aromatic carbocycles. The third kappa shape index (κ3) is 4.03. The Morgan fingerprint density at radius 1 is 0.971 bits per heavy atom. The molecule has 1 aromatic heterocycles. The van der Waals surface area contributed by atoms with Crippen LogP contribution in [-0.2, 0) is 11.3 Å². The van der Waals surface area contributed by atoms with Crippen molar-refractivity contribution in [1.29, 1.82) is 0 Å². The summed E-state index contributed by atoms with van der Waals surface area (Å²) in [5, 5.41) is 0. The molecule has 0 saturated carbocycles. The Labute approximate surface area is 204 Å². The minimum atomic E-state index is -0.878. The van der Waals surface area contributed by atoms with Crippen LogP contribution in [0, 0.1) is 0 Å². The van der Waals surface area contributed by atoms with Crippen molar-refractivity contribution in [2.24, 2.45) is 4.99 Å². The van der Waals surface area contributed by atoms with Gasteiger partial charge in [0.2, 0.25) is 0 Å². The number of benzene rings is 3. The number of anilines is 1. The van der Waals surface area contributed by atoms with Gasteiger partial charge in [0.05, 0.1) is 37.5 Å². The number of aliphatic imine (C=N–C) groups is 1. The van der Waals surface area contributed by atoms with Crippen molar-refractivity contribution >= 4 is 28.3 Å². The standard InChI is InChI=1S/C28H28N4O3/c1-28(2)25(33)24(26-30-22-12-8-9-13-23(22)31-26)27(29-17-18-10-6-5-7-11-18)32(28)19-14-20(34-3)16-21(15-19)35-4/h5-16,24H,17H2,1-4H3,(H,30,31). The van der Waals surface area contributed by atoms with Crippen LogP contribution >= 0.6 is 0 Å². The number of carbonyl (C=O) groups excluding carboxylic acids is 1. The molecule has 1 saturated heterocycles. The molecule has 2 heterocycles. The lowest BCUT2D eigenvalue weighted by Crippen LogP contribution is -2.44. The molecule has 1 aliphatic rings. The number of rotatable bonds is 6. The molecule has 7 heteroatoms. The number of amidine groups is 1. The van der Waals surface area contributed by atoms with Crippen molar-refractivity contribution in [3.05, 3.63) is 84.2 Å². The predicted octanol–water partition coefficient (Wildman–Crippen LogP) is 5.13. The fraction of sp³-hybridized carbons (Fsp3) is 0.250. The van der Waals surface area contributed by atoms with Crippen LogP contribution in [0.4, 0.5) is 5.69 Å². The van der Waals surface area contributed by atoms with Gasteiger partial charge in [0.1, 0.15) is 34.6 Å². The number of carbonyl (C=O) groups is 1. The number of aromatic amines is 1. The van der Waals surface area contributed by atoms with E-state index >= 15 is 0 Å². The van der Waals surface area contributed by atoms with E-state index in [1.54, 1.807) is 14.2 Å². The van der Waals surface area contributed by atoms with E-state index in [-0.39, 0.29) is 5.78 Å². The van der Waals surface area contributed by atoms with E-state index in [1.807, 2.05) is 91.5 Å². The first-order valence-electron chi connectivity index (χ1n) is 11.5. The first kappa shape index (κ1) is 22.7. The van der Waals surface area contributed by atoms with Crippen LogP contribution in [0.1, 0.15) is 31.2 Å². The number of nitrogens with one attached hydrogen (secondary N) is 1. The maximum atomic E-state index is 14.0. The minimum Gasteiger partial charge on any atom is -0.497 e. The molecule has 0 radical (unpaired) electrons. The third-order valence-corrected chi connectivity index (χ3v) is 6.45. The van der Waals surface area contributed by atoms with Gasteiger partial charge in [-0.1, -0.05) is 42.5 Å². The molecule has 4 aromatic rings. The summed E-state index contributed by atoms with van der Waals surface area (Å²) in [6.07, 6.45) is 0. The molecule has 178 valence electrons. The van der Waals surface area contributed by atoms with E-state index in [1.165, 1.54) is 0 Å². The van der Waals surface area contributed by atoms with E-state index in [9.17, 15) is 4.79 Å². The largest absolute Gasteiger partial charge is 0.497 e. The van der Waals surface area contributed by atoms with Crippen LogP contribution in [0.2, 0.25) is 0 Å². The first-order valence-corrected chi connectivity index (χ1v) is 11.5. The monoisotopic (exact) mass is 468 g/mol. The van der Waals surface area contributed by atoms with Gasteiger partial charge in [-0.15, -0.1) is 0 Å². The van der Waals surface area contributed by atoms with Crippen LogP contribution in [0.5, 0.6) is 11.5 Å². The molecule has 0 aliphatic carbocycles. The molecule has 35 heavy (non-hydrogen) atoms. The minimum absolute atomic E-state index is 0.0187. The topological polar surface area (TPSA) is 79.8 Å². The van der Waals surface area contributed by atoms with Crippen LogP contribution in [-0.4, -0.2) is 41.3 Å². The number of ether oxygens (including phenoxy) is 2. The van der Waals surface area contributed by atoms with E-state index < -0.39 is 11.5 Å². The highest BCUT2D eigenvalue weighted by Crippen LogP contribution is 2.42. The van der Waals surface area contributed by atoms with Crippen molar-refractivity contribution in [3.8, 4) is 11.5 Å². The van der Waals surface area contributed by atoms with Crippen LogP contribution in [0.25, 0.3) is 11.0 Å². The van der Waals surface area contributed by atoms with Gasteiger partial charge in [0.25, 0.3) is 0 Å². The van der Waals surface area contributed by atoms with Gasteiger partial charge in [-0.25, -0.2) is 4.98 Å². The van der Waals surface area contributed by atoms with Gasteiger partial charge in [-0.2, -0.15) is 0 Å². The number of para-hydroxylation sites is 2. The lowest BCUT2D eigenvalue weighted by Gasteiger charge is -2.32. The third-order valence-electron chi connectivity index (χ3n) is 6.45. The number of ketones is 1. The number of nitrogens with zero attached hydrogens (tertiary/aromatic N) is 3. The molecule has 0 amide bonds. The zero-order valence-corrected chi connectivity index (χ0v) is 20.3. The molecule has 1 atom stereocenters. The molecule has 7 nitrogen and oxygen atoms in total. The summed E-state index contributed by atoms with van der Waals surface area (Å²) in [7, 11) is 3.22. The molecule has 1 fully saturated rings. The van der Waals surface area contributed by atoms with Crippen molar-refractivity contribution in [2.45, 2.75) is 31.8 Å². The zero-order chi connectivity index (χ0) is 24.6. The highest BCUT2D eigenvalue weighted by atomic mass is 16.5. The number of fused-ring (bicyclic) bond motifs is 1. The van der Waals surface area contributed by atoms with Crippen molar-refractivity contribution in [2.75, 3.05) is 19.1 Å². The normalized spacial score (nSPS) is 18.4. The second kappa shape index (κ2) is 8.91. The summed E-state index contributed by atoms with van der Waals surface area (Å²) in [5.74, 6) is 1.88. The van der Waals surface area contributed by atoms with E-state index in [0.717, 1.165) is 22.3 Å². The Kier molecular flexibility index (Phi) is 5.76. The Morgan fingerprint density at radius 2 is 1.63 bits per heavy atom. The second-order valence-electron chi connectivity index (χ2n) is 9.06. The maximum absolute atomic E-state index is 14.0. The lowest BCUT2D eigenvalue weighted by atomic mass is 9.93. The zero-order valence-electron chi connectivity index (χ0n) is 20.3. The Balaban J connectivity index is 1.69. The number of methoxy groups -OCH3 is 2. The van der Waals surface area contributed by atoms with E-state index in [0.29, 0.717) is 29.7 Å². The van der Waals surface area contributed by atoms with Crippen molar-refractivity contribution < 1.29 is 14.3 Å². The van der Waals surface area contributed by atoms with Gasteiger partial charge in [-0.05, 0) is 31.5 Å². The number of H-pyrrole nitrogens is 1. The highest BCUT2D eigenvalue weighted by Gasteiger charge is 2.53. The summed E-state index contributed by atoms with van der Waals surface area (Å²) >= 11 is 0. The highest BCUT2D eigenvalue weighted by molar-refractivity contribution is 6.26. The molecule has 5 rings (SSSR count). The second-order valence-corrected chi connectivity index (χ2v) is 9.06. The van der Waals surface area contributed by atoms with Gasteiger partial charge < -0.3 is 19.4 Å². The maximum Gasteiger partial charge on any atom is 0.176 e. The van der Waals surface area contributed by atoms with Crippen LogP contribution in [0.15, 0.2) is 77.8 Å². The fourth-order valence-electron chi connectivity index (χ4n) is 4.65. The summed E-state index contributed by atoms with van der Waals surface area (Å²) in [4.78, 5) is 29.1. The van der Waals surface area contributed by atoms with Gasteiger partial charge >= 0.3 is 0 Å². The number of imidazole rings is 1. The lowest BCUT2D eigenvalue weighted by molar-refractivity contribution is -0.121. The Bertz CT molecular complexity index is 1350. The SMILES string of the molecule is COc1cc(OC)cc(N2C(=NCc3ccccc3)C(c3nc4ccccc4[nH]3)C(=O)C2(C)C)c1. The summed E-state index contributed by atoms with van der Waals surface area (Å²) < 4.78 is 11.0. The van der Waals surface area contributed by atoms with E-state index in [2.05, 4.69) is 4.98 Å². The molecule has 0 spiro atoms. The number of aromatic nitrogens is 2. The average molecular weight is 469 g/mol. The quantitative estimate of drug-likeness (QED) is 0.424. The molecule has 0 bridgehead atoms. The van der Waals surface area contributed by atoms with Gasteiger partial charge in [0.15, 0.2) is 5.78 Å². The van der Waals surface area contributed by atoms with Crippen LogP contribution < -0.4 is 14.4 Å². The van der Waals surface area contributed by atoms with Crippen LogP contribution in [0.3, 0.4) is 0 Å². The molecule has 1 N–H and O–H groups in total. The number of Topliss-reactive ketones (excluding diaryl/α,β-unsaturated/α-hetero) is 1. The smallest absolute Gasteiger partial charge is 0.176 e. The number of hydrogen-bond donors (Lipinski definition) is 1. The van der Waals surface area contributed by atoms with Gasteiger partial charge in [-0.3, -0.25) is 9.79 Å². The summed E-state index contributed by atoms with van der Waals surface area (Å²) in [5.41, 5.74) is 2.65.